The van der Waals surface area contributed by atoms with Gasteiger partial charge < -0.3 is 5.32 Å². The molecule has 1 aliphatic rings. The fourth-order valence-electron chi connectivity index (χ4n) is 3.88. The Labute approximate surface area is 198 Å². The average molecular weight is 499 g/mol. The van der Waals surface area contributed by atoms with Crippen LogP contribution in [0.5, 0.6) is 0 Å². The highest BCUT2D eigenvalue weighted by Crippen LogP contribution is 2.30. The van der Waals surface area contributed by atoms with Gasteiger partial charge in [0.05, 0.1) is 0 Å². The molecule has 12 heteroatoms. The number of anilines is 1. The van der Waals surface area contributed by atoms with Crippen LogP contribution in [-0.4, -0.2) is 45.4 Å². The predicted octanol–water partition coefficient (Wildman–Crippen LogP) is 3.17. The second-order valence-corrected chi connectivity index (χ2v) is 10.6. The molecule has 2 aromatic carbocycles. The minimum Gasteiger partial charge on any atom is -0.321 e. The minimum atomic E-state index is -3.89. The first kappa shape index (κ1) is 22.3. The number of sulfonamides is 1. The summed E-state index contributed by atoms with van der Waals surface area (Å²) in [6.45, 7) is 2.21. The van der Waals surface area contributed by atoms with E-state index in [2.05, 4.69) is 20.8 Å². The first-order chi connectivity index (χ1) is 16.3. The number of nitrogens with one attached hydrogen (secondary N) is 1. The number of amides is 1. The number of hydrogen-bond acceptors (Lipinski definition) is 7. The van der Waals surface area contributed by atoms with Gasteiger partial charge in [0.1, 0.15) is 21.3 Å². The second-order valence-electron chi connectivity index (χ2n) is 7.73. The van der Waals surface area contributed by atoms with Crippen LogP contribution in [0.25, 0.3) is 5.69 Å². The van der Waals surface area contributed by atoms with Crippen LogP contribution in [0.4, 0.5) is 10.1 Å². The maximum absolute atomic E-state index is 14.3. The molecular weight excluding hydrogens is 479 g/mol. The number of hydrogen-bond donors (Lipinski definition) is 1. The summed E-state index contributed by atoms with van der Waals surface area (Å²) < 4.78 is 43.8. The Balaban J connectivity index is 1.41. The lowest BCUT2D eigenvalue weighted by Crippen LogP contribution is -2.36. The molecule has 5 rings (SSSR count). The van der Waals surface area contributed by atoms with Crippen molar-refractivity contribution >= 4 is 33.0 Å². The monoisotopic (exact) mass is 498 g/mol. The minimum absolute atomic E-state index is 0.0481. The van der Waals surface area contributed by atoms with E-state index in [1.807, 2.05) is 24.3 Å². The number of rotatable bonds is 5. The smallest absolute Gasteiger partial charge is 0.267 e. The first-order valence-corrected chi connectivity index (χ1v) is 12.7. The molecule has 0 bridgehead atoms. The number of fused-ring (bicyclic) bond motifs is 1. The van der Waals surface area contributed by atoms with Gasteiger partial charge in [0.25, 0.3) is 5.91 Å². The standard InChI is InChI=1S/C22H19FN6O3S2/c1-14-25-26-27-29(14)19-12-17(6-7-18(19)23)24-22(30)21-20(9-11-33-21)34(31,32)28-10-8-15-4-2-3-5-16(15)13-28/h2-7,9,11-12H,8,10,13H2,1H3,(H,24,30). The van der Waals surface area contributed by atoms with Crippen LogP contribution in [0.15, 0.2) is 58.8 Å². The van der Waals surface area contributed by atoms with E-state index in [4.69, 9.17) is 0 Å². The molecule has 0 atom stereocenters. The summed E-state index contributed by atoms with van der Waals surface area (Å²) in [6, 6.07) is 13.1. The molecule has 1 N–H and O–H groups in total. The van der Waals surface area contributed by atoms with Crippen molar-refractivity contribution in [3.8, 4) is 5.69 Å². The predicted molar refractivity (Wildman–Crippen MR) is 124 cm³/mol. The summed E-state index contributed by atoms with van der Waals surface area (Å²) in [6.07, 6.45) is 0.607. The zero-order valence-electron chi connectivity index (χ0n) is 18.0. The molecule has 34 heavy (non-hydrogen) atoms. The molecule has 0 aliphatic carbocycles. The van der Waals surface area contributed by atoms with Crippen molar-refractivity contribution in [3.05, 3.63) is 81.6 Å². The number of aryl methyl sites for hydroxylation is 1. The molecule has 3 heterocycles. The summed E-state index contributed by atoms with van der Waals surface area (Å²) in [4.78, 5) is 13.1. The zero-order chi connectivity index (χ0) is 23.9. The van der Waals surface area contributed by atoms with Crippen LogP contribution in [0.2, 0.25) is 0 Å². The zero-order valence-corrected chi connectivity index (χ0v) is 19.6. The van der Waals surface area contributed by atoms with E-state index in [-0.39, 0.29) is 27.7 Å². The van der Waals surface area contributed by atoms with Gasteiger partial charge in [0.15, 0.2) is 5.82 Å². The molecule has 4 aromatic rings. The number of halogens is 1. The first-order valence-electron chi connectivity index (χ1n) is 10.4. The highest BCUT2D eigenvalue weighted by atomic mass is 32.2. The summed E-state index contributed by atoms with van der Waals surface area (Å²) in [5, 5.41) is 15.2. The number of carbonyl (C=O) groups excluding carboxylic acids is 1. The van der Waals surface area contributed by atoms with Gasteiger partial charge >= 0.3 is 0 Å². The average Bonchev–Trinajstić information content (AvgIpc) is 3.50. The molecule has 0 radical (unpaired) electrons. The third kappa shape index (κ3) is 4.00. The van der Waals surface area contributed by atoms with Crippen molar-refractivity contribution in [1.82, 2.24) is 24.5 Å². The third-order valence-electron chi connectivity index (χ3n) is 5.61. The molecule has 0 spiro atoms. The topological polar surface area (TPSA) is 110 Å². The van der Waals surface area contributed by atoms with Gasteiger partial charge in [0.2, 0.25) is 10.0 Å². The SMILES string of the molecule is Cc1nnnn1-c1cc(NC(=O)c2sccc2S(=O)(=O)N2CCc3ccccc3C2)ccc1F. The fraction of sp³-hybridized carbons (Fsp3) is 0.182. The summed E-state index contributed by atoms with van der Waals surface area (Å²) in [7, 11) is -3.89. The Morgan fingerprint density at radius 1 is 1.15 bits per heavy atom. The molecule has 174 valence electrons. The van der Waals surface area contributed by atoms with Crippen LogP contribution in [-0.2, 0) is 23.0 Å². The Hall–Kier alpha value is -3.48. The van der Waals surface area contributed by atoms with Crippen LogP contribution >= 0.6 is 11.3 Å². The number of aromatic nitrogens is 4. The Kier molecular flexibility index (Phi) is 5.71. The van der Waals surface area contributed by atoms with Gasteiger partial charge in [-0.2, -0.15) is 8.99 Å². The van der Waals surface area contributed by atoms with Crippen LogP contribution < -0.4 is 5.32 Å². The Morgan fingerprint density at radius 3 is 2.71 bits per heavy atom. The number of tetrazole rings is 1. The Morgan fingerprint density at radius 2 is 1.94 bits per heavy atom. The Bertz CT molecular complexity index is 1500. The lowest BCUT2D eigenvalue weighted by atomic mass is 10.0. The van der Waals surface area contributed by atoms with E-state index in [1.165, 1.54) is 33.3 Å². The molecule has 1 amide bonds. The van der Waals surface area contributed by atoms with E-state index in [0.717, 1.165) is 22.5 Å². The number of carbonyl (C=O) groups is 1. The molecule has 0 saturated heterocycles. The quantitative estimate of drug-likeness (QED) is 0.453. The van der Waals surface area contributed by atoms with Gasteiger partial charge in [-0.05, 0) is 64.5 Å². The highest BCUT2D eigenvalue weighted by molar-refractivity contribution is 7.89. The number of benzene rings is 2. The largest absolute Gasteiger partial charge is 0.321 e. The molecule has 9 nitrogen and oxygen atoms in total. The van der Waals surface area contributed by atoms with Gasteiger partial charge in [0, 0.05) is 18.8 Å². The fourth-order valence-corrected chi connectivity index (χ4v) is 6.59. The normalized spacial score (nSPS) is 14.1. The van der Waals surface area contributed by atoms with Crippen molar-refractivity contribution in [1.29, 1.82) is 0 Å². The van der Waals surface area contributed by atoms with Gasteiger partial charge in [-0.15, -0.1) is 16.4 Å². The van der Waals surface area contributed by atoms with E-state index < -0.39 is 21.7 Å². The van der Waals surface area contributed by atoms with Gasteiger partial charge in [-0.1, -0.05) is 24.3 Å². The van der Waals surface area contributed by atoms with Gasteiger partial charge in [-0.25, -0.2) is 12.8 Å². The second kappa shape index (κ2) is 8.70. The lowest BCUT2D eigenvalue weighted by Gasteiger charge is -2.28. The lowest BCUT2D eigenvalue weighted by molar-refractivity contribution is 0.102. The van der Waals surface area contributed by atoms with Crippen molar-refractivity contribution in [2.45, 2.75) is 24.8 Å². The molecule has 2 aromatic heterocycles. The number of thiophene rings is 1. The molecule has 0 unspecified atom stereocenters. The molecular formula is C22H19FN6O3S2. The van der Waals surface area contributed by atoms with E-state index in [9.17, 15) is 17.6 Å². The molecule has 1 aliphatic heterocycles. The molecule has 0 saturated carbocycles. The van der Waals surface area contributed by atoms with Gasteiger partial charge in [-0.3, -0.25) is 4.79 Å². The van der Waals surface area contributed by atoms with Crippen molar-refractivity contribution in [2.75, 3.05) is 11.9 Å². The third-order valence-corrected chi connectivity index (χ3v) is 8.54. The highest BCUT2D eigenvalue weighted by Gasteiger charge is 2.32. The maximum Gasteiger partial charge on any atom is 0.267 e. The van der Waals surface area contributed by atoms with E-state index in [0.29, 0.717) is 18.8 Å². The summed E-state index contributed by atoms with van der Waals surface area (Å²) in [5.41, 5.74) is 2.42. The van der Waals surface area contributed by atoms with E-state index >= 15 is 0 Å². The van der Waals surface area contributed by atoms with Crippen molar-refractivity contribution in [3.63, 3.8) is 0 Å². The van der Waals surface area contributed by atoms with Crippen LogP contribution in [0, 0.1) is 12.7 Å². The number of nitrogens with zero attached hydrogens (tertiary/aromatic N) is 5. The van der Waals surface area contributed by atoms with Crippen LogP contribution in [0.1, 0.15) is 26.6 Å². The maximum atomic E-state index is 14.3. The van der Waals surface area contributed by atoms with E-state index in [1.54, 1.807) is 12.3 Å². The summed E-state index contributed by atoms with van der Waals surface area (Å²) in [5.74, 6) is -0.799. The van der Waals surface area contributed by atoms with Crippen molar-refractivity contribution < 1.29 is 17.6 Å². The van der Waals surface area contributed by atoms with Crippen molar-refractivity contribution in [2.24, 2.45) is 0 Å². The van der Waals surface area contributed by atoms with Crippen LogP contribution in [0.3, 0.4) is 0 Å². The summed E-state index contributed by atoms with van der Waals surface area (Å²) >= 11 is 1.03. The molecule has 0 fully saturated rings.